The highest BCUT2D eigenvalue weighted by atomic mass is 16.6. The molecule has 4 nitrogen and oxygen atoms in total. The topological polar surface area (TPSA) is 59.7 Å². The van der Waals surface area contributed by atoms with Gasteiger partial charge in [-0.05, 0) is 6.07 Å². The number of furan rings is 1. The summed E-state index contributed by atoms with van der Waals surface area (Å²) in [6.45, 7) is 0.0621. The van der Waals surface area contributed by atoms with E-state index in [2.05, 4.69) is 5.92 Å². The second kappa shape index (κ2) is 3.49. The Bertz CT molecular complexity index is 318. The Kier molecular flexibility index (Phi) is 2.38. The molecular formula is C8H6O4. The highest BCUT2D eigenvalue weighted by Crippen LogP contribution is 2.15. The van der Waals surface area contributed by atoms with Crippen LogP contribution in [0.15, 0.2) is 16.5 Å². The zero-order valence-electron chi connectivity index (χ0n) is 6.11. The van der Waals surface area contributed by atoms with Gasteiger partial charge in [-0.25, -0.2) is 4.79 Å². The first kappa shape index (κ1) is 8.21. The minimum absolute atomic E-state index is 0.0621. The molecule has 0 aliphatic rings. The van der Waals surface area contributed by atoms with Gasteiger partial charge in [0.15, 0.2) is 6.61 Å². The highest BCUT2D eigenvalue weighted by molar-refractivity contribution is 5.84. The Balaban J connectivity index is 2.66. The maximum absolute atomic E-state index is 10.3. The van der Waals surface area contributed by atoms with Crippen molar-refractivity contribution in [3.05, 3.63) is 17.9 Å². The van der Waals surface area contributed by atoms with Crippen molar-refractivity contribution in [2.45, 2.75) is 0 Å². The lowest BCUT2D eigenvalue weighted by molar-refractivity contribution is 0.0655. The third kappa shape index (κ3) is 1.80. The van der Waals surface area contributed by atoms with Gasteiger partial charge in [-0.2, -0.15) is 0 Å². The van der Waals surface area contributed by atoms with E-state index >= 15 is 0 Å². The van der Waals surface area contributed by atoms with Gasteiger partial charge in [0.1, 0.15) is 0 Å². The van der Waals surface area contributed by atoms with Crippen LogP contribution in [0.3, 0.4) is 0 Å². The Morgan fingerprint density at radius 2 is 2.50 bits per heavy atom. The van der Waals surface area contributed by atoms with Crippen molar-refractivity contribution in [3.63, 3.8) is 0 Å². The molecule has 62 valence electrons. The maximum atomic E-state index is 10.3. The second-order valence-corrected chi connectivity index (χ2v) is 1.92. The number of carboxylic acids is 1. The van der Waals surface area contributed by atoms with Crippen molar-refractivity contribution in [2.75, 3.05) is 6.61 Å². The fraction of sp³-hybridized carbons (Fsp3) is 0.125. The Hall–Kier alpha value is -1.89. The molecule has 1 aromatic rings. The van der Waals surface area contributed by atoms with Crippen LogP contribution in [0.5, 0.6) is 5.95 Å². The van der Waals surface area contributed by atoms with Crippen LogP contribution in [-0.4, -0.2) is 17.7 Å². The smallest absolute Gasteiger partial charge is 0.371 e. The summed E-state index contributed by atoms with van der Waals surface area (Å²) in [7, 11) is 0. The predicted octanol–water partition coefficient (Wildman–Crippen LogP) is 0.990. The molecule has 0 amide bonds. The van der Waals surface area contributed by atoms with Gasteiger partial charge in [-0.15, -0.1) is 6.42 Å². The minimum atomic E-state index is -1.13. The van der Waals surface area contributed by atoms with Gasteiger partial charge in [-0.3, -0.25) is 0 Å². The second-order valence-electron chi connectivity index (χ2n) is 1.92. The van der Waals surface area contributed by atoms with E-state index in [4.69, 9.17) is 20.7 Å². The molecular weight excluding hydrogens is 160 g/mol. The van der Waals surface area contributed by atoms with E-state index in [1.807, 2.05) is 0 Å². The molecule has 0 saturated heterocycles. The van der Waals surface area contributed by atoms with Crippen molar-refractivity contribution in [1.82, 2.24) is 0 Å². The van der Waals surface area contributed by atoms with Gasteiger partial charge >= 0.3 is 5.97 Å². The fourth-order valence-electron chi connectivity index (χ4n) is 0.625. The molecule has 4 heteroatoms. The quantitative estimate of drug-likeness (QED) is 0.680. The number of rotatable bonds is 3. The summed E-state index contributed by atoms with van der Waals surface area (Å²) in [5.74, 6) is 1.04. The third-order valence-electron chi connectivity index (χ3n) is 1.09. The third-order valence-corrected chi connectivity index (χ3v) is 1.09. The largest absolute Gasteiger partial charge is 0.475 e. The van der Waals surface area contributed by atoms with Crippen LogP contribution in [-0.2, 0) is 0 Å². The highest BCUT2D eigenvalue weighted by Gasteiger charge is 2.08. The van der Waals surface area contributed by atoms with E-state index in [0.29, 0.717) is 0 Å². The first-order valence-electron chi connectivity index (χ1n) is 3.13. The molecule has 1 aromatic heterocycles. The molecule has 0 aromatic carbocycles. The van der Waals surface area contributed by atoms with Gasteiger partial charge in [0, 0.05) is 6.07 Å². The summed E-state index contributed by atoms with van der Waals surface area (Å²) >= 11 is 0. The molecule has 1 N–H and O–H groups in total. The fourth-order valence-corrected chi connectivity index (χ4v) is 0.625. The first-order chi connectivity index (χ1) is 5.74. The van der Waals surface area contributed by atoms with E-state index in [-0.39, 0.29) is 18.3 Å². The Labute approximate surface area is 68.8 Å². The SMILES string of the molecule is C#CCOc1ccc(C(=O)O)o1. The van der Waals surface area contributed by atoms with Crippen LogP contribution >= 0.6 is 0 Å². The van der Waals surface area contributed by atoms with Crippen LogP contribution in [0.2, 0.25) is 0 Å². The summed E-state index contributed by atoms with van der Waals surface area (Å²) in [4.78, 5) is 10.3. The average molecular weight is 166 g/mol. The molecule has 0 unspecified atom stereocenters. The number of hydrogen-bond acceptors (Lipinski definition) is 3. The molecule has 0 aliphatic heterocycles. The molecule has 1 heterocycles. The first-order valence-corrected chi connectivity index (χ1v) is 3.13. The van der Waals surface area contributed by atoms with E-state index in [1.165, 1.54) is 12.1 Å². The summed E-state index contributed by atoms with van der Waals surface area (Å²) in [6, 6.07) is 2.70. The van der Waals surface area contributed by atoms with Crippen LogP contribution < -0.4 is 4.74 Å². The Morgan fingerprint density at radius 1 is 1.75 bits per heavy atom. The molecule has 0 saturated carbocycles. The molecule has 12 heavy (non-hydrogen) atoms. The van der Waals surface area contributed by atoms with Crippen LogP contribution in [0.4, 0.5) is 0 Å². The van der Waals surface area contributed by atoms with Gasteiger partial charge in [0.25, 0.3) is 5.95 Å². The normalized spacial score (nSPS) is 8.92. The number of ether oxygens (including phenoxy) is 1. The van der Waals surface area contributed by atoms with Crippen molar-refractivity contribution < 1.29 is 19.1 Å². The van der Waals surface area contributed by atoms with Gasteiger partial charge in [-0.1, -0.05) is 5.92 Å². The molecule has 0 atom stereocenters. The van der Waals surface area contributed by atoms with Gasteiger partial charge in [0.2, 0.25) is 5.76 Å². The summed E-state index contributed by atoms with van der Waals surface area (Å²) in [6.07, 6.45) is 4.91. The lowest BCUT2D eigenvalue weighted by Gasteiger charge is -1.93. The zero-order valence-corrected chi connectivity index (χ0v) is 6.11. The monoisotopic (exact) mass is 166 g/mol. The summed E-state index contributed by atoms with van der Waals surface area (Å²) in [5.41, 5.74) is 0. The average Bonchev–Trinajstić information content (AvgIpc) is 2.48. The van der Waals surface area contributed by atoms with Crippen molar-refractivity contribution >= 4 is 5.97 Å². The van der Waals surface area contributed by atoms with Crippen LogP contribution in [0.25, 0.3) is 0 Å². The molecule has 1 rings (SSSR count). The van der Waals surface area contributed by atoms with Crippen molar-refractivity contribution in [1.29, 1.82) is 0 Å². The Morgan fingerprint density at radius 3 is 3.00 bits per heavy atom. The van der Waals surface area contributed by atoms with Gasteiger partial charge < -0.3 is 14.3 Å². The summed E-state index contributed by atoms with van der Waals surface area (Å²) in [5, 5.41) is 8.43. The van der Waals surface area contributed by atoms with Crippen LogP contribution in [0, 0.1) is 12.3 Å². The molecule has 0 radical (unpaired) electrons. The van der Waals surface area contributed by atoms with Crippen LogP contribution in [0.1, 0.15) is 10.6 Å². The van der Waals surface area contributed by atoms with Crippen molar-refractivity contribution in [3.8, 4) is 18.3 Å². The zero-order chi connectivity index (χ0) is 8.97. The number of terminal acetylenes is 1. The van der Waals surface area contributed by atoms with E-state index in [9.17, 15) is 4.79 Å². The van der Waals surface area contributed by atoms with E-state index < -0.39 is 5.97 Å². The van der Waals surface area contributed by atoms with Crippen molar-refractivity contribution in [2.24, 2.45) is 0 Å². The van der Waals surface area contributed by atoms with E-state index in [1.54, 1.807) is 0 Å². The standard InChI is InChI=1S/C8H6O4/c1-2-5-11-7-4-3-6(12-7)8(9)10/h1,3-4H,5H2,(H,9,10). The molecule has 0 aliphatic carbocycles. The maximum Gasteiger partial charge on any atom is 0.371 e. The molecule has 0 spiro atoms. The van der Waals surface area contributed by atoms with E-state index in [0.717, 1.165) is 0 Å². The molecule has 0 fully saturated rings. The molecule has 0 bridgehead atoms. The predicted molar refractivity (Wildman–Crippen MR) is 40.0 cm³/mol. The minimum Gasteiger partial charge on any atom is -0.475 e. The lowest BCUT2D eigenvalue weighted by atomic mass is 10.5. The number of aromatic carboxylic acids is 1. The van der Waals surface area contributed by atoms with Gasteiger partial charge in [0.05, 0.1) is 0 Å². The number of carboxylic acid groups (broad SMARTS) is 1. The lowest BCUT2D eigenvalue weighted by Crippen LogP contribution is -1.93. The number of carbonyl (C=O) groups is 1. The number of hydrogen-bond donors (Lipinski definition) is 1. The summed E-state index contributed by atoms with van der Waals surface area (Å²) < 4.78 is 9.55.